The number of sulfonamides is 1. The normalized spacial score (nSPS) is 29.6. The van der Waals surface area contributed by atoms with Crippen LogP contribution >= 0.6 is 12.4 Å². The third-order valence-corrected chi connectivity index (χ3v) is 7.13. The van der Waals surface area contributed by atoms with Gasteiger partial charge in [-0.2, -0.15) is 0 Å². The van der Waals surface area contributed by atoms with E-state index in [0.29, 0.717) is 5.92 Å². The third kappa shape index (κ3) is 5.24. The van der Waals surface area contributed by atoms with Crippen LogP contribution in [0.5, 0.6) is 0 Å². The van der Waals surface area contributed by atoms with Crippen LogP contribution in [0.3, 0.4) is 0 Å². The summed E-state index contributed by atoms with van der Waals surface area (Å²) in [6.07, 6.45) is 0.0372. The highest BCUT2D eigenvalue weighted by Gasteiger charge is 2.46. The van der Waals surface area contributed by atoms with Gasteiger partial charge in [-0.05, 0) is 50.9 Å². The number of piperidine rings is 1. The molecule has 4 atom stereocenters. The topological polar surface area (TPSA) is 99.1 Å². The SMILES string of the molecule is Cc1ccc(S(=O)(=O)NC[C@H]2O[C@@H](CO)[C@@H](O)[C@H]2N2CCC(C)CC2)cc1.Cl. The first-order chi connectivity index (χ1) is 12.8. The summed E-state index contributed by atoms with van der Waals surface area (Å²) in [6, 6.07) is 6.33. The number of likely N-dealkylation sites (tertiary alicyclic amines) is 1. The molecule has 0 radical (unpaired) electrons. The number of aliphatic hydroxyl groups is 2. The van der Waals surface area contributed by atoms with Crippen molar-refractivity contribution in [1.29, 1.82) is 0 Å². The molecule has 1 aromatic carbocycles. The van der Waals surface area contributed by atoms with Crippen LogP contribution in [0.25, 0.3) is 0 Å². The zero-order valence-corrected chi connectivity index (χ0v) is 18.0. The van der Waals surface area contributed by atoms with Crippen molar-refractivity contribution < 1.29 is 23.4 Å². The number of ether oxygens (including phenoxy) is 1. The minimum atomic E-state index is -3.66. The fraction of sp³-hybridized carbons (Fsp3) is 0.684. The Morgan fingerprint density at radius 2 is 1.79 bits per heavy atom. The van der Waals surface area contributed by atoms with E-state index in [1.807, 2.05) is 6.92 Å². The van der Waals surface area contributed by atoms with Gasteiger partial charge in [-0.25, -0.2) is 13.1 Å². The standard InChI is InChI=1S/C19H30N2O5S.ClH/c1-13-3-5-15(6-4-13)27(24,25)20-11-16-18(19(23)17(12-22)26-16)21-9-7-14(2)8-10-21;/h3-6,14,16-20,22-23H,7-12H2,1-2H3;1H/t16-,17+,18+,19-;/m1./s1. The first kappa shape index (κ1) is 23.5. The van der Waals surface area contributed by atoms with Gasteiger partial charge in [-0.3, -0.25) is 4.90 Å². The largest absolute Gasteiger partial charge is 0.394 e. The van der Waals surface area contributed by atoms with Gasteiger partial charge in [0.25, 0.3) is 0 Å². The maximum Gasteiger partial charge on any atom is 0.240 e. The number of nitrogens with zero attached hydrogens (tertiary/aromatic N) is 1. The fourth-order valence-electron chi connectivity index (χ4n) is 3.92. The number of hydrogen-bond acceptors (Lipinski definition) is 6. The molecule has 2 aliphatic rings. The molecule has 2 heterocycles. The predicted octanol–water partition coefficient (Wildman–Crippen LogP) is 0.916. The molecule has 28 heavy (non-hydrogen) atoms. The Kier molecular flexibility index (Phi) is 8.27. The minimum absolute atomic E-state index is 0. The van der Waals surface area contributed by atoms with Crippen molar-refractivity contribution in [3.8, 4) is 0 Å². The monoisotopic (exact) mass is 434 g/mol. The van der Waals surface area contributed by atoms with Gasteiger partial charge in [0.05, 0.1) is 23.6 Å². The summed E-state index contributed by atoms with van der Waals surface area (Å²) in [6.45, 7) is 5.56. The highest BCUT2D eigenvalue weighted by molar-refractivity contribution is 7.89. The number of nitrogens with one attached hydrogen (secondary N) is 1. The molecule has 0 unspecified atom stereocenters. The van der Waals surface area contributed by atoms with E-state index in [0.717, 1.165) is 31.5 Å². The van der Waals surface area contributed by atoms with E-state index in [2.05, 4.69) is 16.5 Å². The molecule has 1 aromatic rings. The molecule has 9 heteroatoms. The third-order valence-electron chi connectivity index (χ3n) is 5.69. The van der Waals surface area contributed by atoms with E-state index in [9.17, 15) is 18.6 Å². The highest BCUT2D eigenvalue weighted by atomic mass is 35.5. The molecule has 2 fully saturated rings. The summed E-state index contributed by atoms with van der Waals surface area (Å²) in [5.74, 6) is 0.646. The number of halogens is 1. The van der Waals surface area contributed by atoms with Crippen LogP contribution in [0.4, 0.5) is 0 Å². The maximum atomic E-state index is 12.6. The van der Waals surface area contributed by atoms with Crippen molar-refractivity contribution in [2.75, 3.05) is 26.2 Å². The van der Waals surface area contributed by atoms with E-state index in [1.165, 1.54) is 0 Å². The molecule has 2 aliphatic heterocycles. The van der Waals surface area contributed by atoms with Gasteiger partial charge in [-0.15, -0.1) is 12.4 Å². The first-order valence-corrected chi connectivity index (χ1v) is 11.0. The van der Waals surface area contributed by atoms with Crippen LogP contribution in [0.15, 0.2) is 29.2 Å². The number of benzene rings is 1. The molecule has 160 valence electrons. The summed E-state index contributed by atoms with van der Waals surface area (Å²) in [5, 5.41) is 20.1. The molecule has 0 saturated carbocycles. The zero-order valence-electron chi connectivity index (χ0n) is 16.3. The predicted molar refractivity (Wildman–Crippen MR) is 109 cm³/mol. The van der Waals surface area contributed by atoms with E-state index in [1.54, 1.807) is 24.3 Å². The van der Waals surface area contributed by atoms with Crippen molar-refractivity contribution in [3.05, 3.63) is 29.8 Å². The van der Waals surface area contributed by atoms with Gasteiger partial charge in [0.1, 0.15) is 12.2 Å². The van der Waals surface area contributed by atoms with Gasteiger partial charge in [-0.1, -0.05) is 24.6 Å². The molecule has 0 aliphatic carbocycles. The van der Waals surface area contributed by atoms with Gasteiger partial charge in [0.15, 0.2) is 0 Å². The number of hydrogen-bond donors (Lipinski definition) is 3. The van der Waals surface area contributed by atoms with Crippen molar-refractivity contribution in [2.24, 2.45) is 5.92 Å². The lowest BCUT2D eigenvalue weighted by Gasteiger charge is -2.38. The number of rotatable bonds is 6. The molecule has 0 amide bonds. The van der Waals surface area contributed by atoms with Crippen molar-refractivity contribution in [3.63, 3.8) is 0 Å². The Labute approximate surface area is 173 Å². The van der Waals surface area contributed by atoms with E-state index in [4.69, 9.17) is 4.74 Å². The maximum absolute atomic E-state index is 12.6. The van der Waals surface area contributed by atoms with E-state index < -0.39 is 28.3 Å². The highest BCUT2D eigenvalue weighted by Crippen LogP contribution is 2.29. The van der Waals surface area contributed by atoms with Gasteiger partial charge >= 0.3 is 0 Å². The minimum Gasteiger partial charge on any atom is -0.394 e. The Bertz CT molecular complexity index is 722. The molecule has 0 aromatic heterocycles. The van der Waals surface area contributed by atoms with Gasteiger partial charge < -0.3 is 14.9 Å². The summed E-state index contributed by atoms with van der Waals surface area (Å²) >= 11 is 0. The van der Waals surface area contributed by atoms with Crippen LogP contribution in [0.2, 0.25) is 0 Å². The van der Waals surface area contributed by atoms with Crippen LogP contribution in [0.1, 0.15) is 25.3 Å². The molecular formula is C19H31ClN2O5S. The summed E-state index contributed by atoms with van der Waals surface area (Å²) < 4.78 is 33.5. The average Bonchev–Trinajstić information content (AvgIpc) is 2.97. The Morgan fingerprint density at radius 1 is 1.18 bits per heavy atom. The molecule has 0 bridgehead atoms. The lowest BCUT2D eigenvalue weighted by Crippen LogP contribution is -2.53. The van der Waals surface area contributed by atoms with Crippen LogP contribution in [0, 0.1) is 12.8 Å². The molecule has 0 spiro atoms. The van der Waals surface area contributed by atoms with Crippen molar-refractivity contribution >= 4 is 22.4 Å². The van der Waals surface area contributed by atoms with Gasteiger partial charge in [0, 0.05) is 6.54 Å². The Hall–Kier alpha value is -0.740. The second kappa shape index (κ2) is 9.84. The second-order valence-electron chi connectivity index (χ2n) is 7.76. The quantitative estimate of drug-likeness (QED) is 0.615. The smallest absolute Gasteiger partial charge is 0.240 e. The van der Waals surface area contributed by atoms with Crippen LogP contribution < -0.4 is 4.72 Å². The average molecular weight is 435 g/mol. The lowest BCUT2D eigenvalue weighted by atomic mass is 9.94. The zero-order chi connectivity index (χ0) is 19.6. The Morgan fingerprint density at radius 3 is 2.36 bits per heavy atom. The first-order valence-electron chi connectivity index (χ1n) is 9.56. The summed E-state index contributed by atoms with van der Waals surface area (Å²) in [5.41, 5.74) is 0.987. The van der Waals surface area contributed by atoms with Crippen LogP contribution in [-0.2, 0) is 14.8 Å². The molecular weight excluding hydrogens is 404 g/mol. The molecule has 7 nitrogen and oxygen atoms in total. The summed E-state index contributed by atoms with van der Waals surface area (Å²) in [7, 11) is -3.66. The van der Waals surface area contributed by atoms with Crippen molar-refractivity contribution in [1.82, 2.24) is 9.62 Å². The summed E-state index contributed by atoms with van der Waals surface area (Å²) in [4.78, 5) is 2.37. The fourth-order valence-corrected chi connectivity index (χ4v) is 4.96. The van der Waals surface area contributed by atoms with E-state index in [-0.39, 0.29) is 36.5 Å². The molecule has 3 N–H and O–H groups in total. The number of aryl methyl sites for hydroxylation is 1. The van der Waals surface area contributed by atoms with Crippen LogP contribution in [-0.4, -0.2) is 74.1 Å². The molecule has 2 saturated heterocycles. The second-order valence-corrected chi connectivity index (χ2v) is 9.53. The number of aliphatic hydroxyl groups excluding tert-OH is 2. The Balaban J connectivity index is 0.00000280. The molecule has 3 rings (SSSR count). The lowest BCUT2D eigenvalue weighted by molar-refractivity contribution is -0.0201. The van der Waals surface area contributed by atoms with Gasteiger partial charge in [0.2, 0.25) is 10.0 Å². The van der Waals surface area contributed by atoms with E-state index >= 15 is 0 Å². The van der Waals surface area contributed by atoms with Crippen molar-refractivity contribution in [2.45, 2.75) is 55.9 Å².